The van der Waals surface area contributed by atoms with Crippen LogP contribution in [0.4, 0.5) is 17.1 Å². The van der Waals surface area contributed by atoms with E-state index < -0.39 is 0 Å². The van der Waals surface area contributed by atoms with Gasteiger partial charge in [0.25, 0.3) is 0 Å². The summed E-state index contributed by atoms with van der Waals surface area (Å²) in [6.07, 6.45) is 0. The molecule has 0 N–H and O–H groups in total. The molecule has 11 aromatic rings. The molecule has 3 heteroatoms. The highest BCUT2D eigenvalue weighted by Crippen LogP contribution is 2.44. The van der Waals surface area contributed by atoms with Crippen LogP contribution in [0.1, 0.15) is 0 Å². The van der Waals surface area contributed by atoms with E-state index in [1.807, 2.05) is 12.1 Å². The lowest BCUT2D eigenvalue weighted by Gasteiger charge is -2.27. The molecule has 11 rings (SSSR count). The minimum absolute atomic E-state index is 0.871. The molecule has 0 atom stereocenters. The highest BCUT2D eigenvalue weighted by molar-refractivity contribution is 6.15. The summed E-state index contributed by atoms with van der Waals surface area (Å²) in [5.74, 6) is 0. The Bertz CT molecular complexity index is 3160. The minimum Gasteiger partial charge on any atom is -0.456 e. The third-order valence-electron chi connectivity index (χ3n) is 10.8. The third kappa shape index (κ3) is 4.68. The molecule has 3 nitrogen and oxygen atoms in total. The van der Waals surface area contributed by atoms with Gasteiger partial charge >= 0.3 is 0 Å². The number of anilines is 3. The summed E-state index contributed by atoms with van der Waals surface area (Å²) in [5.41, 5.74) is 10.9. The number of rotatable bonds is 5. The van der Waals surface area contributed by atoms with Crippen molar-refractivity contribution in [2.24, 2.45) is 0 Å². The predicted molar refractivity (Wildman–Crippen MR) is 223 cm³/mol. The SMILES string of the molecule is c1ccc2cc3c(cc2c1)c1ccccc1n3-c1ccc(N(c2ccc(-c3cccc4ccccc34)cc2)c2cccc3oc4ccccc4c23)cc1. The second kappa shape index (κ2) is 11.7. The maximum atomic E-state index is 6.38. The quantitative estimate of drug-likeness (QED) is 0.181. The molecule has 0 radical (unpaired) electrons. The van der Waals surface area contributed by atoms with Crippen LogP contribution in [-0.2, 0) is 0 Å². The fourth-order valence-electron chi connectivity index (χ4n) is 8.32. The standard InChI is InChI=1S/C50H32N2O/c1-2-13-36-32-47-44(31-35(36)12-1)42-16-5-7-19-45(42)52(47)39-29-27-38(28-30-39)51(46-20-10-22-49-50(46)43-17-6-8-21-48(43)53-49)37-25-23-34(24-26-37)41-18-9-14-33-11-3-4-15-40(33)41/h1-32H. The van der Waals surface area contributed by atoms with Crippen LogP contribution >= 0.6 is 0 Å². The number of aromatic nitrogens is 1. The molecule has 0 aliphatic heterocycles. The number of furan rings is 1. The number of hydrogen-bond donors (Lipinski definition) is 0. The van der Waals surface area contributed by atoms with Gasteiger partial charge in [0.2, 0.25) is 0 Å². The molecule has 248 valence electrons. The van der Waals surface area contributed by atoms with Gasteiger partial charge in [-0.2, -0.15) is 0 Å². The van der Waals surface area contributed by atoms with E-state index in [2.05, 4.69) is 191 Å². The van der Waals surface area contributed by atoms with Crippen LogP contribution in [0.2, 0.25) is 0 Å². The van der Waals surface area contributed by atoms with Gasteiger partial charge < -0.3 is 13.9 Å². The fourth-order valence-corrected chi connectivity index (χ4v) is 8.32. The van der Waals surface area contributed by atoms with Gasteiger partial charge in [-0.05, 0) is 105 Å². The zero-order valence-corrected chi connectivity index (χ0v) is 28.8. The topological polar surface area (TPSA) is 21.3 Å². The van der Waals surface area contributed by atoms with Crippen molar-refractivity contribution in [1.29, 1.82) is 0 Å². The van der Waals surface area contributed by atoms with E-state index in [-0.39, 0.29) is 0 Å². The Morgan fingerprint density at radius 1 is 0.396 bits per heavy atom. The molecule has 2 heterocycles. The summed E-state index contributed by atoms with van der Waals surface area (Å²) in [5, 5.41) is 9.69. The van der Waals surface area contributed by atoms with E-state index in [9.17, 15) is 0 Å². The Kier molecular flexibility index (Phi) is 6.55. The Balaban J connectivity index is 1.09. The number of benzene rings is 9. The monoisotopic (exact) mass is 676 g/mol. The Morgan fingerprint density at radius 2 is 1.00 bits per heavy atom. The molecule has 0 fully saturated rings. The molecule has 0 saturated heterocycles. The van der Waals surface area contributed by atoms with Crippen LogP contribution in [0.25, 0.3) is 82.1 Å². The van der Waals surface area contributed by atoms with Gasteiger partial charge in [-0.3, -0.25) is 0 Å². The summed E-state index contributed by atoms with van der Waals surface area (Å²) in [6.45, 7) is 0. The van der Waals surface area contributed by atoms with E-state index in [0.717, 1.165) is 44.7 Å². The van der Waals surface area contributed by atoms with Crippen molar-refractivity contribution < 1.29 is 4.42 Å². The molecule has 0 aliphatic carbocycles. The van der Waals surface area contributed by atoms with Crippen LogP contribution in [0.15, 0.2) is 199 Å². The minimum atomic E-state index is 0.871. The van der Waals surface area contributed by atoms with Crippen LogP contribution in [-0.4, -0.2) is 4.57 Å². The van der Waals surface area contributed by atoms with E-state index in [1.54, 1.807) is 0 Å². The molecule has 2 aromatic heterocycles. The molecule has 0 aliphatic rings. The first kappa shape index (κ1) is 29.6. The third-order valence-corrected chi connectivity index (χ3v) is 10.8. The smallest absolute Gasteiger partial charge is 0.137 e. The zero-order chi connectivity index (χ0) is 34.9. The van der Waals surface area contributed by atoms with E-state index >= 15 is 0 Å². The van der Waals surface area contributed by atoms with E-state index in [1.165, 1.54) is 54.5 Å². The number of fused-ring (bicyclic) bond motifs is 8. The summed E-state index contributed by atoms with van der Waals surface area (Å²) < 4.78 is 8.78. The maximum absolute atomic E-state index is 6.38. The summed E-state index contributed by atoms with van der Waals surface area (Å²) in [6, 6.07) is 69.8. The van der Waals surface area contributed by atoms with Gasteiger partial charge in [-0.25, -0.2) is 0 Å². The van der Waals surface area contributed by atoms with E-state index in [4.69, 9.17) is 4.42 Å². The lowest BCUT2D eigenvalue weighted by molar-refractivity contribution is 0.669. The average molecular weight is 677 g/mol. The molecular formula is C50H32N2O. The summed E-state index contributed by atoms with van der Waals surface area (Å²) in [4.78, 5) is 2.36. The average Bonchev–Trinajstić information content (AvgIpc) is 3.76. The van der Waals surface area contributed by atoms with Crippen LogP contribution in [0.5, 0.6) is 0 Å². The van der Waals surface area contributed by atoms with Gasteiger partial charge in [-0.1, -0.05) is 121 Å². The molecule has 0 spiro atoms. The Hall–Kier alpha value is -7.10. The van der Waals surface area contributed by atoms with Gasteiger partial charge in [0.1, 0.15) is 11.2 Å². The molecule has 0 unspecified atom stereocenters. The van der Waals surface area contributed by atoms with Crippen molar-refractivity contribution in [1.82, 2.24) is 4.57 Å². The van der Waals surface area contributed by atoms with Gasteiger partial charge in [0, 0.05) is 33.2 Å². The first-order valence-corrected chi connectivity index (χ1v) is 18.1. The van der Waals surface area contributed by atoms with Crippen LogP contribution in [0.3, 0.4) is 0 Å². The highest BCUT2D eigenvalue weighted by atomic mass is 16.3. The van der Waals surface area contributed by atoms with Crippen molar-refractivity contribution >= 4 is 82.4 Å². The van der Waals surface area contributed by atoms with E-state index in [0.29, 0.717) is 0 Å². The lowest BCUT2D eigenvalue weighted by Crippen LogP contribution is -2.10. The molecule has 9 aromatic carbocycles. The van der Waals surface area contributed by atoms with Gasteiger partial charge in [0.05, 0.1) is 22.1 Å². The normalized spacial score (nSPS) is 11.8. The molecule has 0 bridgehead atoms. The first-order valence-electron chi connectivity index (χ1n) is 18.1. The lowest BCUT2D eigenvalue weighted by atomic mass is 9.98. The molecule has 0 saturated carbocycles. The first-order chi connectivity index (χ1) is 26.3. The van der Waals surface area contributed by atoms with Gasteiger partial charge in [0.15, 0.2) is 0 Å². The maximum Gasteiger partial charge on any atom is 0.137 e. The second-order valence-electron chi connectivity index (χ2n) is 13.7. The van der Waals surface area contributed by atoms with Crippen LogP contribution < -0.4 is 4.90 Å². The predicted octanol–water partition coefficient (Wildman–Crippen LogP) is 14.1. The summed E-state index contributed by atoms with van der Waals surface area (Å²) >= 11 is 0. The molecule has 53 heavy (non-hydrogen) atoms. The molecule has 0 amide bonds. The second-order valence-corrected chi connectivity index (χ2v) is 13.7. The zero-order valence-electron chi connectivity index (χ0n) is 28.8. The number of hydrogen-bond acceptors (Lipinski definition) is 2. The Labute approximate surface area is 306 Å². The number of nitrogens with zero attached hydrogens (tertiary/aromatic N) is 2. The fraction of sp³-hybridized carbons (Fsp3) is 0. The number of para-hydroxylation sites is 2. The largest absolute Gasteiger partial charge is 0.456 e. The van der Waals surface area contributed by atoms with Gasteiger partial charge in [-0.15, -0.1) is 0 Å². The van der Waals surface area contributed by atoms with Crippen molar-refractivity contribution in [3.8, 4) is 16.8 Å². The summed E-state index contributed by atoms with van der Waals surface area (Å²) in [7, 11) is 0. The highest BCUT2D eigenvalue weighted by Gasteiger charge is 2.20. The van der Waals surface area contributed by atoms with Crippen molar-refractivity contribution in [2.75, 3.05) is 4.90 Å². The molecular weight excluding hydrogens is 645 g/mol. The van der Waals surface area contributed by atoms with Crippen molar-refractivity contribution in [2.45, 2.75) is 0 Å². The van der Waals surface area contributed by atoms with Crippen LogP contribution in [0, 0.1) is 0 Å². The van der Waals surface area contributed by atoms with Crippen molar-refractivity contribution in [3.63, 3.8) is 0 Å². The Morgan fingerprint density at radius 3 is 1.81 bits per heavy atom. The van der Waals surface area contributed by atoms with Crippen molar-refractivity contribution in [3.05, 3.63) is 194 Å².